The van der Waals surface area contributed by atoms with Gasteiger partial charge in [0.1, 0.15) is 11.6 Å². The van der Waals surface area contributed by atoms with Crippen LogP contribution < -0.4 is 0 Å². The van der Waals surface area contributed by atoms with Crippen molar-refractivity contribution in [3.05, 3.63) is 34.6 Å². The Hall–Kier alpha value is -0.890. The quantitative estimate of drug-likeness (QED) is 0.504. The number of rotatable bonds is 10. The summed E-state index contributed by atoms with van der Waals surface area (Å²) in [6, 6.07) is 4.81. The minimum atomic E-state index is -0.456. The largest absolute Gasteiger partial charge is 0.299 e. The van der Waals surface area contributed by atoms with Crippen LogP contribution in [0.5, 0.6) is 0 Å². The number of Topliss-reactive ketones (excluding diaryl/α,β-unsaturated/α-hetero) is 1. The predicted molar refractivity (Wildman–Crippen MR) is 82.7 cm³/mol. The maximum absolute atomic E-state index is 13.6. The van der Waals surface area contributed by atoms with E-state index in [-0.39, 0.29) is 17.2 Å². The molecule has 1 aromatic carbocycles. The van der Waals surface area contributed by atoms with E-state index in [1.54, 1.807) is 12.1 Å². The highest BCUT2D eigenvalue weighted by atomic mass is 35.5. The van der Waals surface area contributed by atoms with Crippen LogP contribution in [-0.2, 0) is 11.2 Å². The molecule has 0 radical (unpaired) electrons. The zero-order valence-electron chi connectivity index (χ0n) is 12.3. The lowest BCUT2D eigenvalue weighted by Gasteiger charge is -2.04. The summed E-state index contributed by atoms with van der Waals surface area (Å²) in [5, 5.41) is 0.0891. The molecule has 0 saturated carbocycles. The molecule has 0 heterocycles. The molecule has 0 fully saturated rings. The van der Waals surface area contributed by atoms with Gasteiger partial charge in [-0.3, -0.25) is 4.79 Å². The minimum absolute atomic E-state index is 0.0891. The van der Waals surface area contributed by atoms with Gasteiger partial charge in [-0.2, -0.15) is 0 Å². The highest BCUT2D eigenvalue weighted by molar-refractivity contribution is 6.30. The van der Waals surface area contributed by atoms with Gasteiger partial charge in [-0.25, -0.2) is 4.39 Å². The summed E-state index contributed by atoms with van der Waals surface area (Å²) in [7, 11) is 0. The summed E-state index contributed by atoms with van der Waals surface area (Å²) in [5.41, 5.74) is 0.408. The van der Waals surface area contributed by atoms with Crippen molar-refractivity contribution in [1.82, 2.24) is 0 Å². The zero-order chi connectivity index (χ0) is 14.8. The molecule has 1 rings (SSSR count). The molecule has 0 N–H and O–H groups in total. The third kappa shape index (κ3) is 6.51. The van der Waals surface area contributed by atoms with E-state index < -0.39 is 5.82 Å². The predicted octanol–water partition coefficient (Wildman–Crippen LogP) is 5.73. The maximum atomic E-state index is 13.6. The second-order valence-electron chi connectivity index (χ2n) is 5.30. The number of ketones is 1. The van der Waals surface area contributed by atoms with Crippen LogP contribution in [0, 0.1) is 5.82 Å². The molecule has 0 spiro atoms. The van der Waals surface area contributed by atoms with E-state index in [9.17, 15) is 9.18 Å². The molecule has 0 atom stereocenters. The first-order valence-corrected chi connectivity index (χ1v) is 7.97. The molecule has 0 amide bonds. The second-order valence-corrected chi connectivity index (χ2v) is 5.71. The molecule has 0 aromatic heterocycles. The summed E-state index contributed by atoms with van der Waals surface area (Å²) in [5.74, 6) is -0.359. The Kier molecular flexibility index (Phi) is 8.52. The van der Waals surface area contributed by atoms with Crippen molar-refractivity contribution < 1.29 is 9.18 Å². The Morgan fingerprint density at radius 3 is 2.45 bits per heavy atom. The molecule has 0 aliphatic rings. The fraction of sp³-hybridized carbons (Fsp3) is 0.588. The van der Waals surface area contributed by atoms with E-state index >= 15 is 0 Å². The van der Waals surface area contributed by atoms with Gasteiger partial charge in [-0.1, -0.05) is 69.2 Å². The normalized spacial score (nSPS) is 10.8. The molecule has 112 valence electrons. The van der Waals surface area contributed by atoms with Crippen LogP contribution in [0.1, 0.15) is 63.9 Å². The third-order valence-corrected chi connectivity index (χ3v) is 3.77. The van der Waals surface area contributed by atoms with Crippen LogP contribution in [0.25, 0.3) is 0 Å². The van der Waals surface area contributed by atoms with E-state index in [1.807, 2.05) is 0 Å². The van der Waals surface area contributed by atoms with Gasteiger partial charge in [0.25, 0.3) is 0 Å². The van der Waals surface area contributed by atoms with Gasteiger partial charge in [0.05, 0.1) is 5.02 Å². The SMILES string of the molecule is CCCCCCCCCC(=O)Cc1cccc(Cl)c1F. The molecule has 1 nitrogen and oxygen atoms in total. The van der Waals surface area contributed by atoms with Gasteiger partial charge in [0.15, 0.2) is 0 Å². The first-order chi connectivity index (χ1) is 9.65. The smallest absolute Gasteiger partial charge is 0.145 e. The molecule has 0 unspecified atom stereocenters. The van der Waals surface area contributed by atoms with Crippen LogP contribution in [0.3, 0.4) is 0 Å². The molecule has 1 aromatic rings. The van der Waals surface area contributed by atoms with Gasteiger partial charge in [0.2, 0.25) is 0 Å². The number of benzene rings is 1. The third-order valence-electron chi connectivity index (χ3n) is 3.48. The van der Waals surface area contributed by atoms with Crippen molar-refractivity contribution in [2.45, 2.75) is 64.7 Å². The van der Waals surface area contributed by atoms with Crippen molar-refractivity contribution in [2.75, 3.05) is 0 Å². The van der Waals surface area contributed by atoms with E-state index in [2.05, 4.69) is 6.92 Å². The van der Waals surface area contributed by atoms with Crippen molar-refractivity contribution >= 4 is 17.4 Å². The Labute approximate surface area is 126 Å². The van der Waals surface area contributed by atoms with Crippen LogP contribution >= 0.6 is 11.6 Å². The second kappa shape index (κ2) is 9.93. The molecule has 0 saturated heterocycles. The maximum Gasteiger partial charge on any atom is 0.145 e. The zero-order valence-corrected chi connectivity index (χ0v) is 13.0. The summed E-state index contributed by atoms with van der Waals surface area (Å²) < 4.78 is 13.6. The van der Waals surface area contributed by atoms with Crippen molar-refractivity contribution in [3.63, 3.8) is 0 Å². The Balaban J connectivity index is 2.19. The summed E-state index contributed by atoms with van der Waals surface area (Å²) in [4.78, 5) is 11.8. The van der Waals surface area contributed by atoms with Gasteiger partial charge in [-0.05, 0) is 18.1 Å². The molecule has 0 aliphatic heterocycles. The Morgan fingerprint density at radius 2 is 1.75 bits per heavy atom. The topological polar surface area (TPSA) is 17.1 Å². The van der Waals surface area contributed by atoms with E-state index in [1.165, 1.54) is 38.2 Å². The number of hydrogen-bond acceptors (Lipinski definition) is 1. The Morgan fingerprint density at radius 1 is 1.10 bits per heavy atom. The van der Waals surface area contributed by atoms with E-state index in [4.69, 9.17) is 11.6 Å². The lowest BCUT2D eigenvalue weighted by atomic mass is 10.0. The summed E-state index contributed by atoms with van der Waals surface area (Å²) >= 11 is 5.70. The lowest BCUT2D eigenvalue weighted by Crippen LogP contribution is -2.04. The average molecular weight is 299 g/mol. The Bertz CT molecular complexity index is 417. The first kappa shape index (κ1) is 17.2. The highest BCUT2D eigenvalue weighted by Gasteiger charge is 2.10. The van der Waals surface area contributed by atoms with Crippen LogP contribution in [0.4, 0.5) is 4.39 Å². The summed E-state index contributed by atoms with van der Waals surface area (Å²) in [6.07, 6.45) is 8.99. The fourth-order valence-corrected chi connectivity index (χ4v) is 2.46. The number of unbranched alkanes of at least 4 members (excludes halogenated alkanes) is 6. The van der Waals surface area contributed by atoms with Crippen molar-refractivity contribution in [3.8, 4) is 0 Å². The molecular formula is C17H24ClFO. The average Bonchev–Trinajstić information content (AvgIpc) is 2.43. The molecular weight excluding hydrogens is 275 g/mol. The lowest BCUT2D eigenvalue weighted by molar-refractivity contribution is -0.118. The van der Waals surface area contributed by atoms with Gasteiger partial charge in [0, 0.05) is 12.8 Å². The van der Waals surface area contributed by atoms with E-state index in [0.717, 1.165) is 12.8 Å². The van der Waals surface area contributed by atoms with Crippen LogP contribution in [0.15, 0.2) is 18.2 Å². The van der Waals surface area contributed by atoms with Gasteiger partial charge >= 0.3 is 0 Å². The van der Waals surface area contributed by atoms with E-state index in [0.29, 0.717) is 12.0 Å². The molecule has 20 heavy (non-hydrogen) atoms. The number of carbonyl (C=O) groups is 1. The van der Waals surface area contributed by atoms with Gasteiger partial charge in [-0.15, -0.1) is 0 Å². The van der Waals surface area contributed by atoms with Crippen molar-refractivity contribution in [2.24, 2.45) is 0 Å². The van der Waals surface area contributed by atoms with Gasteiger partial charge < -0.3 is 0 Å². The minimum Gasteiger partial charge on any atom is -0.299 e. The fourth-order valence-electron chi connectivity index (χ4n) is 2.27. The van der Waals surface area contributed by atoms with Crippen molar-refractivity contribution in [1.29, 1.82) is 0 Å². The molecule has 0 aliphatic carbocycles. The van der Waals surface area contributed by atoms with Crippen LogP contribution in [-0.4, -0.2) is 5.78 Å². The number of halogens is 2. The number of hydrogen-bond donors (Lipinski definition) is 0. The molecule has 3 heteroatoms. The highest BCUT2D eigenvalue weighted by Crippen LogP contribution is 2.19. The summed E-state index contributed by atoms with van der Waals surface area (Å²) in [6.45, 7) is 2.20. The first-order valence-electron chi connectivity index (χ1n) is 7.59. The number of carbonyl (C=O) groups excluding carboxylic acids is 1. The molecule has 0 bridgehead atoms. The monoisotopic (exact) mass is 298 g/mol. The standard InChI is InChI=1S/C17H24ClFO/c1-2-3-4-5-6-7-8-11-15(20)13-14-10-9-12-16(18)17(14)19/h9-10,12H,2-8,11,13H2,1H3. The van der Waals surface area contributed by atoms with Crippen LogP contribution in [0.2, 0.25) is 5.02 Å².